The van der Waals surface area contributed by atoms with E-state index in [2.05, 4.69) is 16.6 Å². The quantitative estimate of drug-likeness (QED) is 0.300. The lowest BCUT2D eigenvalue weighted by Crippen LogP contribution is -2.33. The maximum absolute atomic E-state index is 9.70. The molecule has 3 atom stereocenters. The summed E-state index contributed by atoms with van der Waals surface area (Å²) in [5.74, 6) is 0.000463. The largest absolute Gasteiger partial charge is 0.392 e. The number of nitrogens with zero attached hydrogens (tertiary/aromatic N) is 3. The summed E-state index contributed by atoms with van der Waals surface area (Å²) in [6.07, 6.45) is 3.69. The van der Waals surface area contributed by atoms with Crippen molar-refractivity contribution >= 4 is 0 Å². The van der Waals surface area contributed by atoms with Crippen LogP contribution in [-0.4, -0.2) is 17.3 Å². The van der Waals surface area contributed by atoms with Gasteiger partial charge in [0.1, 0.15) is 0 Å². The van der Waals surface area contributed by atoms with Gasteiger partial charge in [-0.2, -0.15) is 0 Å². The highest BCUT2D eigenvalue weighted by atomic mass is 16.3. The van der Waals surface area contributed by atoms with Crippen LogP contribution < -0.4 is 0 Å². The second-order valence-electron chi connectivity index (χ2n) is 3.30. The minimum Gasteiger partial charge on any atom is -0.392 e. The molecule has 1 aliphatic rings. The van der Waals surface area contributed by atoms with Gasteiger partial charge < -0.3 is 5.11 Å². The average Bonchev–Trinajstić information content (AvgIpc) is 2.11. The Labute approximate surface area is 77.2 Å². The highest BCUT2D eigenvalue weighted by molar-refractivity contribution is 5.16. The van der Waals surface area contributed by atoms with Gasteiger partial charge in [0.15, 0.2) is 0 Å². The van der Waals surface area contributed by atoms with E-state index in [1.165, 1.54) is 0 Å². The van der Waals surface area contributed by atoms with Gasteiger partial charge in [-0.25, -0.2) is 0 Å². The highest BCUT2D eigenvalue weighted by Crippen LogP contribution is 2.27. The van der Waals surface area contributed by atoms with Crippen molar-refractivity contribution in [3.8, 4) is 0 Å². The van der Waals surface area contributed by atoms with Gasteiger partial charge >= 0.3 is 0 Å². The second kappa shape index (κ2) is 4.12. The molecule has 0 bridgehead atoms. The van der Waals surface area contributed by atoms with Crippen molar-refractivity contribution in [3.05, 3.63) is 34.7 Å². The van der Waals surface area contributed by atoms with Crippen LogP contribution in [0.25, 0.3) is 10.4 Å². The van der Waals surface area contributed by atoms with Crippen LogP contribution in [-0.2, 0) is 0 Å². The summed E-state index contributed by atoms with van der Waals surface area (Å²) in [6, 6.07) is -0.443. The number of allylic oxidation sites excluding steroid dienone is 1. The van der Waals surface area contributed by atoms with Gasteiger partial charge in [-0.15, -0.1) is 6.58 Å². The molecule has 4 nitrogen and oxygen atoms in total. The number of aliphatic hydroxyl groups is 1. The molecule has 1 N–H and O–H groups in total. The molecule has 4 heteroatoms. The topological polar surface area (TPSA) is 69.0 Å². The first-order chi connectivity index (χ1) is 6.19. The summed E-state index contributed by atoms with van der Waals surface area (Å²) in [5.41, 5.74) is 9.41. The third kappa shape index (κ3) is 2.11. The van der Waals surface area contributed by atoms with Crippen molar-refractivity contribution in [1.29, 1.82) is 0 Å². The van der Waals surface area contributed by atoms with E-state index in [1.54, 1.807) is 6.08 Å². The average molecular weight is 179 g/mol. The molecule has 1 aliphatic carbocycles. The first kappa shape index (κ1) is 9.84. The summed E-state index contributed by atoms with van der Waals surface area (Å²) >= 11 is 0. The summed E-state index contributed by atoms with van der Waals surface area (Å²) in [7, 11) is 0. The van der Waals surface area contributed by atoms with E-state index in [9.17, 15) is 5.11 Å². The fraction of sp³-hybridized carbons (Fsp3) is 0.556. The Bertz CT molecular complexity index is 279. The zero-order valence-electron chi connectivity index (χ0n) is 7.59. The Morgan fingerprint density at radius 2 is 2.54 bits per heavy atom. The molecule has 0 aromatic rings. The van der Waals surface area contributed by atoms with Crippen molar-refractivity contribution in [1.82, 2.24) is 0 Å². The predicted molar refractivity (Wildman–Crippen MR) is 51.0 cm³/mol. The Kier molecular flexibility index (Phi) is 3.12. The minimum atomic E-state index is -0.628. The van der Waals surface area contributed by atoms with Crippen molar-refractivity contribution in [3.63, 3.8) is 0 Å². The number of hydrogen-bond donors (Lipinski definition) is 1. The number of hydrogen-bond acceptors (Lipinski definition) is 2. The van der Waals surface area contributed by atoms with E-state index in [0.29, 0.717) is 0 Å². The van der Waals surface area contributed by atoms with E-state index < -0.39 is 12.1 Å². The summed E-state index contributed by atoms with van der Waals surface area (Å²) in [6.45, 7) is 5.60. The molecule has 0 spiro atoms. The molecule has 0 saturated carbocycles. The van der Waals surface area contributed by atoms with Crippen molar-refractivity contribution in [2.75, 3.05) is 0 Å². The molecule has 0 aliphatic heterocycles. The Morgan fingerprint density at radius 3 is 3.08 bits per heavy atom. The van der Waals surface area contributed by atoms with Crippen LogP contribution >= 0.6 is 0 Å². The standard InChI is InChI=1S/C9H13N3O/c1-3-7-4-6(2)5-8(9(7)13)11-12-10/h3,5,7-9,13H,1,4H2,2H3/t7-,8+,9?/m1/s1. The number of aliphatic hydroxyl groups excluding tert-OH is 1. The first-order valence-corrected chi connectivity index (χ1v) is 4.21. The maximum atomic E-state index is 9.70. The van der Waals surface area contributed by atoms with Gasteiger partial charge in [0.2, 0.25) is 0 Å². The minimum absolute atomic E-state index is 0.000463. The van der Waals surface area contributed by atoms with E-state index in [0.717, 1.165) is 12.0 Å². The van der Waals surface area contributed by atoms with E-state index in [1.807, 2.05) is 13.0 Å². The van der Waals surface area contributed by atoms with Crippen molar-refractivity contribution in [2.45, 2.75) is 25.5 Å². The van der Waals surface area contributed by atoms with Crippen LogP contribution in [0.2, 0.25) is 0 Å². The Morgan fingerprint density at radius 1 is 1.85 bits per heavy atom. The van der Waals surface area contributed by atoms with Crippen LogP contribution in [0.15, 0.2) is 29.4 Å². The monoisotopic (exact) mass is 179 g/mol. The highest BCUT2D eigenvalue weighted by Gasteiger charge is 2.27. The lowest BCUT2D eigenvalue weighted by atomic mass is 9.84. The molecule has 0 heterocycles. The smallest absolute Gasteiger partial charge is 0.0823 e. The van der Waals surface area contributed by atoms with Gasteiger partial charge in [0.05, 0.1) is 12.1 Å². The zero-order valence-corrected chi connectivity index (χ0v) is 7.59. The zero-order chi connectivity index (χ0) is 9.84. The molecule has 0 amide bonds. The van der Waals surface area contributed by atoms with Gasteiger partial charge in [-0.3, -0.25) is 0 Å². The van der Waals surface area contributed by atoms with Crippen LogP contribution in [0, 0.1) is 5.92 Å². The Balaban J connectivity index is 2.89. The molecule has 0 saturated heterocycles. The van der Waals surface area contributed by atoms with E-state index in [-0.39, 0.29) is 5.92 Å². The van der Waals surface area contributed by atoms with E-state index in [4.69, 9.17) is 5.53 Å². The number of rotatable bonds is 2. The fourth-order valence-corrected chi connectivity index (χ4v) is 1.59. The molecule has 13 heavy (non-hydrogen) atoms. The molecule has 0 fully saturated rings. The lowest BCUT2D eigenvalue weighted by Gasteiger charge is -2.28. The van der Waals surface area contributed by atoms with Gasteiger partial charge in [-0.05, 0) is 18.9 Å². The molecule has 1 unspecified atom stereocenters. The molecule has 0 aromatic carbocycles. The number of azide groups is 1. The SMILES string of the molecule is C=C[C@@H]1CC(C)=C[C@H](N=[N+]=[N-])C1O. The summed E-state index contributed by atoms with van der Waals surface area (Å²) < 4.78 is 0. The second-order valence-corrected chi connectivity index (χ2v) is 3.30. The molecule has 0 radical (unpaired) electrons. The van der Waals surface area contributed by atoms with Crippen molar-refractivity contribution in [2.24, 2.45) is 11.0 Å². The third-order valence-electron chi connectivity index (χ3n) is 2.29. The van der Waals surface area contributed by atoms with Crippen LogP contribution in [0.5, 0.6) is 0 Å². The van der Waals surface area contributed by atoms with Crippen molar-refractivity contribution < 1.29 is 5.11 Å². The Hall–Kier alpha value is -1.25. The van der Waals surface area contributed by atoms with Gasteiger partial charge in [0, 0.05) is 10.8 Å². The third-order valence-corrected chi connectivity index (χ3v) is 2.29. The summed E-state index contributed by atoms with van der Waals surface area (Å²) in [4.78, 5) is 2.70. The molecule has 70 valence electrons. The van der Waals surface area contributed by atoms with Gasteiger partial charge in [-0.1, -0.05) is 22.8 Å². The predicted octanol–water partition coefficient (Wildman–Crippen LogP) is 2.18. The molecular weight excluding hydrogens is 166 g/mol. The fourth-order valence-electron chi connectivity index (χ4n) is 1.59. The van der Waals surface area contributed by atoms with E-state index >= 15 is 0 Å². The normalized spacial score (nSPS) is 33.1. The van der Waals surface area contributed by atoms with Crippen LogP contribution in [0.1, 0.15) is 13.3 Å². The van der Waals surface area contributed by atoms with Gasteiger partial charge in [0.25, 0.3) is 0 Å². The van der Waals surface area contributed by atoms with Crippen LogP contribution in [0.4, 0.5) is 0 Å². The molecular formula is C9H13N3O. The molecule has 0 aromatic heterocycles. The lowest BCUT2D eigenvalue weighted by molar-refractivity contribution is 0.110. The molecule has 1 rings (SSSR count). The first-order valence-electron chi connectivity index (χ1n) is 4.21. The summed E-state index contributed by atoms with van der Waals surface area (Å²) in [5, 5.41) is 13.2. The maximum Gasteiger partial charge on any atom is 0.0823 e. The van der Waals surface area contributed by atoms with Crippen LogP contribution in [0.3, 0.4) is 0 Å².